The van der Waals surface area contributed by atoms with Gasteiger partial charge in [0.25, 0.3) is 0 Å². The van der Waals surface area contributed by atoms with Crippen LogP contribution in [0.15, 0.2) is 11.1 Å². The third-order valence-corrected chi connectivity index (χ3v) is 5.09. The van der Waals surface area contributed by atoms with Gasteiger partial charge < -0.3 is 10.6 Å². The largest absolute Gasteiger partial charge is 0.381 e. The van der Waals surface area contributed by atoms with E-state index >= 15 is 0 Å². The van der Waals surface area contributed by atoms with Gasteiger partial charge in [-0.1, -0.05) is 0 Å². The number of nitrogen functional groups attached to an aromatic ring is 1. The van der Waals surface area contributed by atoms with Crippen molar-refractivity contribution in [3.8, 4) is 0 Å². The second-order valence-electron chi connectivity index (χ2n) is 5.36. The van der Waals surface area contributed by atoms with Gasteiger partial charge in [0.2, 0.25) is 10.0 Å². The van der Waals surface area contributed by atoms with E-state index in [4.69, 9.17) is 5.73 Å². The van der Waals surface area contributed by atoms with Crippen LogP contribution in [0.4, 0.5) is 5.82 Å². The number of anilines is 1. The number of nitrogens with zero attached hydrogens (tertiary/aromatic N) is 3. The summed E-state index contributed by atoms with van der Waals surface area (Å²) >= 11 is 0. The molecule has 0 saturated carbocycles. The highest BCUT2D eigenvalue weighted by Gasteiger charge is 2.24. The van der Waals surface area contributed by atoms with Crippen LogP contribution in [0.1, 0.15) is 19.8 Å². The molecule has 1 aromatic heterocycles. The van der Waals surface area contributed by atoms with Crippen molar-refractivity contribution in [1.29, 1.82) is 0 Å². The zero-order valence-corrected chi connectivity index (χ0v) is 12.9. The highest BCUT2D eigenvalue weighted by molar-refractivity contribution is 7.89. The molecule has 1 unspecified atom stereocenters. The van der Waals surface area contributed by atoms with E-state index in [2.05, 4.69) is 21.8 Å². The van der Waals surface area contributed by atoms with Gasteiger partial charge in [0.1, 0.15) is 4.90 Å². The fourth-order valence-corrected chi connectivity index (χ4v) is 3.72. The lowest BCUT2D eigenvalue weighted by atomic mass is 9.99. The Morgan fingerprint density at radius 3 is 2.90 bits per heavy atom. The molecule has 1 aliphatic heterocycles. The van der Waals surface area contributed by atoms with Gasteiger partial charge in [-0.25, -0.2) is 13.1 Å². The second kappa shape index (κ2) is 6.11. The number of aromatic nitrogens is 2. The average Bonchev–Trinajstić information content (AvgIpc) is 2.79. The van der Waals surface area contributed by atoms with Gasteiger partial charge in [-0.2, -0.15) is 5.10 Å². The predicted octanol–water partition coefficient (Wildman–Crippen LogP) is 0.105. The van der Waals surface area contributed by atoms with Gasteiger partial charge >= 0.3 is 0 Å². The molecule has 0 bridgehead atoms. The Balaban J connectivity index is 2.01. The highest BCUT2D eigenvalue weighted by Crippen LogP contribution is 2.18. The molecule has 2 heterocycles. The molecule has 20 heavy (non-hydrogen) atoms. The fraction of sp³-hybridized carbons (Fsp3) is 0.750. The summed E-state index contributed by atoms with van der Waals surface area (Å²) in [5.74, 6) is 0.408. The Morgan fingerprint density at radius 1 is 1.55 bits per heavy atom. The number of nitrogens with one attached hydrogen (secondary N) is 1. The van der Waals surface area contributed by atoms with E-state index in [-0.39, 0.29) is 10.7 Å². The summed E-state index contributed by atoms with van der Waals surface area (Å²) in [7, 11) is -1.51. The van der Waals surface area contributed by atoms with Crippen molar-refractivity contribution in [1.82, 2.24) is 19.4 Å². The topological polar surface area (TPSA) is 93.2 Å². The SMILES string of the molecule is CCn1cc(S(=O)(=O)NCC2CCCN(C)C2)c(N)n1. The Kier molecular flexibility index (Phi) is 4.66. The highest BCUT2D eigenvalue weighted by atomic mass is 32.2. The molecule has 2 rings (SSSR count). The van der Waals surface area contributed by atoms with Gasteiger partial charge in [0.15, 0.2) is 5.82 Å². The van der Waals surface area contributed by atoms with Crippen molar-refractivity contribution in [2.24, 2.45) is 5.92 Å². The van der Waals surface area contributed by atoms with Gasteiger partial charge in [-0.15, -0.1) is 0 Å². The number of sulfonamides is 1. The minimum atomic E-state index is -3.57. The Hall–Kier alpha value is -1.12. The van der Waals surface area contributed by atoms with E-state index < -0.39 is 10.0 Å². The summed E-state index contributed by atoms with van der Waals surface area (Å²) in [6.45, 7) is 4.93. The van der Waals surface area contributed by atoms with E-state index in [0.29, 0.717) is 19.0 Å². The summed E-state index contributed by atoms with van der Waals surface area (Å²) < 4.78 is 28.7. The second-order valence-corrected chi connectivity index (χ2v) is 7.09. The maximum Gasteiger partial charge on any atom is 0.245 e. The smallest absolute Gasteiger partial charge is 0.245 e. The summed E-state index contributed by atoms with van der Waals surface area (Å²) in [5, 5.41) is 3.97. The first-order chi connectivity index (χ1) is 9.42. The van der Waals surface area contributed by atoms with Crippen molar-refractivity contribution in [2.45, 2.75) is 31.2 Å². The van der Waals surface area contributed by atoms with E-state index in [9.17, 15) is 8.42 Å². The zero-order chi connectivity index (χ0) is 14.8. The number of piperidine rings is 1. The van der Waals surface area contributed by atoms with Crippen molar-refractivity contribution in [3.63, 3.8) is 0 Å². The lowest BCUT2D eigenvalue weighted by molar-refractivity contribution is 0.211. The van der Waals surface area contributed by atoms with Crippen LogP contribution >= 0.6 is 0 Å². The molecule has 0 radical (unpaired) electrons. The van der Waals surface area contributed by atoms with Crippen LogP contribution in [-0.2, 0) is 16.6 Å². The van der Waals surface area contributed by atoms with Crippen LogP contribution in [0.2, 0.25) is 0 Å². The van der Waals surface area contributed by atoms with E-state index in [1.165, 1.54) is 10.9 Å². The van der Waals surface area contributed by atoms with Gasteiger partial charge in [-0.3, -0.25) is 4.68 Å². The molecular weight excluding hydrogens is 278 g/mol. The monoisotopic (exact) mass is 301 g/mol. The summed E-state index contributed by atoms with van der Waals surface area (Å²) in [4.78, 5) is 2.30. The molecule has 8 heteroatoms. The summed E-state index contributed by atoms with van der Waals surface area (Å²) in [6, 6.07) is 0. The molecular formula is C12H23N5O2S. The first-order valence-corrected chi connectivity index (χ1v) is 8.42. The third-order valence-electron chi connectivity index (χ3n) is 3.65. The minimum absolute atomic E-state index is 0.0557. The lowest BCUT2D eigenvalue weighted by Crippen LogP contribution is -2.39. The molecule has 0 aromatic carbocycles. The number of aryl methyl sites for hydroxylation is 1. The maximum absolute atomic E-state index is 12.2. The molecule has 0 aliphatic carbocycles. The Bertz CT molecular complexity index is 554. The van der Waals surface area contributed by atoms with Crippen molar-refractivity contribution >= 4 is 15.8 Å². The Morgan fingerprint density at radius 2 is 2.30 bits per heavy atom. The first-order valence-electron chi connectivity index (χ1n) is 6.93. The number of likely N-dealkylation sites (tertiary alicyclic amines) is 1. The maximum atomic E-state index is 12.2. The van der Waals surface area contributed by atoms with Crippen molar-refractivity contribution in [3.05, 3.63) is 6.20 Å². The van der Waals surface area contributed by atoms with Crippen LogP contribution in [0.5, 0.6) is 0 Å². The minimum Gasteiger partial charge on any atom is -0.381 e. The van der Waals surface area contributed by atoms with Crippen LogP contribution < -0.4 is 10.5 Å². The fourth-order valence-electron chi connectivity index (χ4n) is 2.53. The molecule has 7 nitrogen and oxygen atoms in total. The normalized spacial score (nSPS) is 21.2. The molecule has 1 fully saturated rings. The van der Waals surface area contributed by atoms with Crippen LogP contribution in [0.3, 0.4) is 0 Å². The number of rotatable bonds is 5. The third kappa shape index (κ3) is 3.50. The van der Waals surface area contributed by atoms with Crippen molar-refractivity contribution in [2.75, 3.05) is 32.4 Å². The molecule has 1 saturated heterocycles. The summed E-state index contributed by atoms with van der Waals surface area (Å²) in [5.41, 5.74) is 5.67. The van der Waals surface area contributed by atoms with Crippen LogP contribution in [-0.4, -0.2) is 49.8 Å². The molecule has 1 atom stereocenters. The average molecular weight is 301 g/mol. The first kappa shape index (κ1) is 15.3. The molecule has 0 amide bonds. The van der Waals surface area contributed by atoms with Crippen LogP contribution in [0, 0.1) is 5.92 Å². The predicted molar refractivity (Wildman–Crippen MR) is 77.7 cm³/mol. The standard InChI is InChI=1S/C12H23N5O2S/c1-3-17-9-11(12(13)15-17)20(18,19)14-7-10-5-4-6-16(2)8-10/h9-10,14H,3-8H2,1-2H3,(H2,13,15). The van der Waals surface area contributed by atoms with Gasteiger partial charge in [0.05, 0.1) is 0 Å². The number of nitrogens with two attached hydrogens (primary N) is 1. The zero-order valence-electron chi connectivity index (χ0n) is 12.0. The molecule has 1 aromatic rings. The van der Waals surface area contributed by atoms with Crippen LogP contribution in [0.25, 0.3) is 0 Å². The van der Waals surface area contributed by atoms with Crippen molar-refractivity contribution < 1.29 is 8.42 Å². The lowest BCUT2D eigenvalue weighted by Gasteiger charge is -2.29. The Labute approximate surface area is 120 Å². The van der Waals surface area contributed by atoms with Gasteiger partial charge in [0, 0.05) is 25.8 Å². The summed E-state index contributed by atoms with van der Waals surface area (Å²) in [6.07, 6.45) is 3.64. The quantitative estimate of drug-likeness (QED) is 0.805. The van der Waals surface area contributed by atoms with E-state index in [1.54, 1.807) is 0 Å². The number of hydrogen-bond donors (Lipinski definition) is 2. The molecule has 0 spiro atoms. The number of hydrogen-bond acceptors (Lipinski definition) is 5. The van der Waals surface area contributed by atoms with Gasteiger partial charge in [-0.05, 0) is 39.3 Å². The molecule has 114 valence electrons. The molecule has 1 aliphatic rings. The van der Waals surface area contributed by atoms with E-state index in [1.807, 2.05) is 6.92 Å². The van der Waals surface area contributed by atoms with E-state index in [0.717, 1.165) is 25.9 Å². The molecule has 3 N–H and O–H groups in total.